The first kappa shape index (κ1) is 46.4. The van der Waals surface area contributed by atoms with Crippen molar-refractivity contribution >= 4 is 101 Å². The Labute approximate surface area is 606 Å². The highest BCUT2D eigenvalue weighted by Gasteiger charge is 2.45. The number of anilines is 6. The average molecular weight is 1300 g/mol. The molecule has 2 aliphatic rings. The molecule has 13 aromatic carbocycles. The molecule has 0 spiro atoms. The lowest BCUT2D eigenvalue weighted by Gasteiger charge is -2.45. The predicted octanol–water partition coefficient (Wildman–Crippen LogP) is 23.8. The second kappa shape index (κ2) is 22.9. The Morgan fingerprint density at radius 2 is 0.545 bits per heavy atom. The van der Waals surface area contributed by atoms with Gasteiger partial charge >= 0.3 is 0 Å². The monoisotopic (exact) mass is 1290 g/mol. The van der Waals surface area contributed by atoms with Crippen LogP contribution in [0.25, 0.3) is 99.5 Å². The molecule has 0 bridgehead atoms. The lowest BCUT2D eigenvalue weighted by molar-refractivity contribution is 0.590. The number of hydrogen-bond acceptors (Lipinski definition) is 2. The van der Waals surface area contributed by atoms with Crippen LogP contribution >= 0.6 is 0 Å². The molecule has 0 N–H and O–H groups in total. The van der Waals surface area contributed by atoms with Crippen LogP contribution in [0, 0.1) is 0 Å². The summed E-state index contributed by atoms with van der Waals surface area (Å²) >= 11 is 0. The number of para-hydroxylation sites is 6. The topological polar surface area (TPSA) is 16.3 Å². The fourth-order valence-corrected chi connectivity index (χ4v) is 15.1. The van der Waals surface area contributed by atoms with Crippen molar-refractivity contribution in [3.8, 4) is 55.9 Å². The summed E-state index contributed by atoms with van der Waals surface area (Å²) in [6.45, 7) is 25.5. The summed E-state index contributed by atoms with van der Waals surface area (Å²) in [6, 6.07) is 57.3. The van der Waals surface area contributed by atoms with E-state index in [9.17, 15) is 16.4 Å². The van der Waals surface area contributed by atoms with Crippen LogP contribution < -0.4 is 26.2 Å². The van der Waals surface area contributed by atoms with Gasteiger partial charge in [-0.05, 0) is 143 Å². The Morgan fingerprint density at radius 3 is 0.818 bits per heavy atom. The van der Waals surface area contributed by atoms with E-state index in [2.05, 4.69) is 238 Å². The zero-order valence-electron chi connectivity index (χ0n) is 73.8. The zero-order chi connectivity index (χ0) is 81.9. The fraction of sp³-hybridized carbons (Fsp3) is 0.170. The van der Waals surface area contributed by atoms with Gasteiger partial charge in [-0.3, -0.25) is 0 Å². The van der Waals surface area contributed by atoms with E-state index in [4.69, 9.17) is 5.48 Å². The number of aromatic nitrogens is 2. The van der Waals surface area contributed by atoms with Gasteiger partial charge in [0.15, 0.2) is 0 Å². The van der Waals surface area contributed by atoms with Gasteiger partial charge in [0.25, 0.3) is 6.71 Å². The number of fused-ring (bicyclic) bond motifs is 10. The van der Waals surface area contributed by atoms with Crippen molar-refractivity contribution in [1.29, 1.82) is 0 Å². The van der Waals surface area contributed by atoms with E-state index in [1.807, 2.05) is 42.5 Å². The fourth-order valence-electron chi connectivity index (χ4n) is 15.1. The molecule has 15 aromatic rings. The first-order valence-electron chi connectivity index (χ1n) is 42.0. The Kier molecular flexibility index (Phi) is 10.7. The van der Waals surface area contributed by atoms with E-state index >= 15 is 0 Å². The molecule has 99 heavy (non-hydrogen) atoms. The SMILES string of the molecule is [2H]c1c([2H])c([2H])c2c(c1[2H])c1c([2H])c([2H])c([2H])c([2H])c1n2-c1ccc2c(c1)N(c1c(-c3ccc(C(C)(C)C)cc3)cccc1-c1ccc(C(C)(C)C)cc1)c1cccc3c1B2c1ccc(-n2c4c([2H])c([2H])c([2H])c([2H])c4c4c([2H])c([2H])c([2H])c([2H])c42)cc1N3c1c(-c2ccc(C(C)(C)C)cc2)cccc1-c1ccc(C(C)(C)C)cc1. The largest absolute Gasteiger partial charge is 0.310 e. The Balaban J connectivity index is 1.06. The van der Waals surface area contributed by atoms with Crippen molar-refractivity contribution in [2.75, 3.05) is 9.80 Å². The summed E-state index contributed by atoms with van der Waals surface area (Å²) in [5.74, 6) is 0. The van der Waals surface area contributed by atoms with Crippen LogP contribution in [0.5, 0.6) is 0 Å². The highest BCUT2D eigenvalue weighted by molar-refractivity contribution is 7.00. The van der Waals surface area contributed by atoms with Crippen LogP contribution in [0.1, 0.15) is 127 Å². The third-order valence-electron chi connectivity index (χ3n) is 20.3. The Bertz CT molecular complexity index is 5990. The van der Waals surface area contributed by atoms with Crippen LogP contribution in [0.3, 0.4) is 0 Å². The lowest BCUT2D eigenvalue weighted by atomic mass is 9.33. The number of nitrogens with zero attached hydrogens (tertiary/aromatic N) is 4. The van der Waals surface area contributed by atoms with Crippen molar-refractivity contribution in [3.63, 3.8) is 0 Å². The molecule has 0 aliphatic carbocycles. The number of rotatable bonds is 8. The normalized spacial score (nSPS) is 15.5. The lowest BCUT2D eigenvalue weighted by Crippen LogP contribution is -2.61. The van der Waals surface area contributed by atoms with Crippen LogP contribution in [0.15, 0.2) is 285 Å². The van der Waals surface area contributed by atoms with Gasteiger partial charge in [-0.2, -0.15) is 0 Å². The van der Waals surface area contributed by atoms with E-state index in [1.54, 1.807) is 9.13 Å². The zero-order valence-corrected chi connectivity index (χ0v) is 57.8. The molecule has 0 saturated carbocycles. The van der Waals surface area contributed by atoms with Gasteiger partial charge in [0.05, 0.1) is 55.4 Å². The van der Waals surface area contributed by atoms with Gasteiger partial charge in [0.2, 0.25) is 0 Å². The van der Waals surface area contributed by atoms with E-state index in [-0.39, 0.29) is 65.3 Å². The minimum Gasteiger partial charge on any atom is -0.310 e. The molecule has 5 heteroatoms. The van der Waals surface area contributed by atoms with Crippen molar-refractivity contribution in [3.05, 3.63) is 307 Å². The highest BCUT2D eigenvalue weighted by atomic mass is 15.2. The molecule has 4 heterocycles. The maximum absolute atomic E-state index is 9.80. The van der Waals surface area contributed by atoms with Crippen LogP contribution in [0.2, 0.25) is 0 Å². The van der Waals surface area contributed by atoms with Crippen molar-refractivity contribution in [2.24, 2.45) is 0 Å². The van der Waals surface area contributed by atoms with Gasteiger partial charge in [-0.25, -0.2) is 0 Å². The third-order valence-corrected chi connectivity index (χ3v) is 20.3. The predicted molar refractivity (Wildman–Crippen MR) is 426 cm³/mol. The van der Waals surface area contributed by atoms with Gasteiger partial charge < -0.3 is 18.9 Å². The number of hydrogen-bond donors (Lipinski definition) is 0. The minimum absolute atomic E-state index is 0.0431. The van der Waals surface area contributed by atoms with Crippen molar-refractivity contribution in [2.45, 2.75) is 105 Å². The molecule has 0 fully saturated rings. The highest BCUT2D eigenvalue weighted by Crippen LogP contribution is 2.54. The molecule has 0 radical (unpaired) electrons. The number of benzene rings is 13. The third kappa shape index (κ3) is 10.2. The standard InChI is InChI=1S/C94H83BN4/c1-91(2,3)64-46-38-60(39-47-64)70-28-21-29-71(61-40-48-65(49-41-61)92(4,5)6)89(70)98-84-36-23-37-85-88(84)95(78-56-54-68(58-86(78)98)96-80-32-17-13-24-74(80)75-25-14-18-33-81(75)96)79-57-55-69(97-82-34-19-15-26-76(82)77-27-16-20-35-83(77)97)59-87(79)99(85)90-72(62-42-50-66(51-43-62)93(7,8)9)30-22-31-73(90)63-44-52-67(53-45-63)94(10,11)12/h13-59H,1-12H3/i13D,14D,15D,16D,17D,18D,19D,20D,24D,25D,26D,27D,32D,33D,34D,35D. The van der Waals surface area contributed by atoms with E-state index in [0.717, 1.165) is 106 Å². The van der Waals surface area contributed by atoms with Gasteiger partial charge in [0.1, 0.15) is 0 Å². The summed E-state index contributed by atoms with van der Waals surface area (Å²) in [6.07, 6.45) is 0. The van der Waals surface area contributed by atoms with Gasteiger partial charge in [0, 0.05) is 77.9 Å². The molecule has 0 atom stereocenters. The molecule has 2 aromatic heterocycles. The minimum atomic E-state index is -0.729. The van der Waals surface area contributed by atoms with Crippen LogP contribution in [-0.2, 0) is 21.7 Å². The van der Waals surface area contributed by atoms with Crippen molar-refractivity contribution < 1.29 is 21.9 Å². The Morgan fingerprint density at radius 1 is 0.283 bits per heavy atom. The Hall–Kier alpha value is -10.9. The summed E-state index contributed by atoms with van der Waals surface area (Å²) in [5.41, 5.74) is 17.8. The molecule has 0 saturated heterocycles. The molecule has 0 unspecified atom stereocenters. The molecular formula is C94H83BN4. The maximum Gasteiger partial charge on any atom is 0.252 e. The van der Waals surface area contributed by atoms with E-state index in [1.165, 1.54) is 0 Å². The molecule has 2 aliphatic heterocycles. The summed E-state index contributed by atoms with van der Waals surface area (Å²) < 4.78 is 154. The quantitative estimate of drug-likeness (QED) is 0.141. The molecular weight excluding hydrogens is 1200 g/mol. The first-order chi connectivity index (χ1) is 54.3. The smallest absolute Gasteiger partial charge is 0.252 e. The molecule has 17 rings (SSSR count). The maximum atomic E-state index is 9.80. The van der Waals surface area contributed by atoms with Gasteiger partial charge in [-0.1, -0.05) is 307 Å². The summed E-state index contributed by atoms with van der Waals surface area (Å²) in [4.78, 5) is 4.60. The molecule has 482 valence electrons. The van der Waals surface area contributed by atoms with E-state index in [0.29, 0.717) is 22.7 Å². The second-order valence-electron chi connectivity index (χ2n) is 30.6. The average Bonchev–Trinajstić information content (AvgIpc) is 1.56. The summed E-state index contributed by atoms with van der Waals surface area (Å²) in [7, 11) is 0. The van der Waals surface area contributed by atoms with Crippen LogP contribution in [0.4, 0.5) is 34.1 Å². The second-order valence-corrected chi connectivity index (χ2v) is 30.6. The molecule has 4 nitrogen and oxygen atoms in total. The van der Waals surface area contributed by atoms with Gasteiger partial charge in [-0.15, -0.1) is 0 Å². The summed E-state index contributed by atoms with van der Waals surface area (Å²) in [5, 5.41) is -0.263. The van der Waals surface area contributed by atoms with Crippen molar-refractivity contribution in [1.82, 2.24) is 9.13 Å². The van der Waals surface area contributed by atoms with E-state index < -0.39 is 103 Å². The van der Waals surface area contributed by atoms with Crippen LogP contribution in [-0.4, -0.2) is 15.8 Å². The molecule has 0 amide bonds. The first-order valence-corrected chi connectivity index (χ1v) is 34.0.